The zero-order chi connectivity index (χ0) is 21.6. The Hall–Kier alpha value is -3.62. The number of benzene rings is 2. The van der Waals surface area contributed by atoms with E-state index in [4.69, 9.17) is 4.74 Å². The number of hydrogen-bond acceptors (Lipinski definition) is 4. The third-order valence-electron chi connectivity index (χ3n) is 4.16. The summed E-state index contributed by atoms with van der Waals surface area (Å²) in [6.07, 6.45) is -3.09. The van der Waals surface area contributed by atoms with Gasteiger partial charge >= 0.3 is 6.18 Å². The van der Waals surface area contributed by atoms with Crippen molar-refractivity contribution in [3.8, 4) is 17.0 Å². The molecule has 0 aliphatic rings. The average Bonchev–Trinajstić information content (AvgIpc) is 2.73. The van der Waals surface area contributed by atoms with E-state index in [0.29, 0.717) is 5.69 Å². The third kappa shape index (κ3) is 5.69. The van der Waals surface area contributed by atoms with E-state index in [1.165, 1.54) is 29.1 Å². The number of amides is 1. The molecule has 2 aromatic carbocycles. The molecule has 0 aliphatic carbocycles. The summed E-state index contributed by atoms with van der Waals surface area (Å²) in [6, 6.07) is 14.9. The summed E-state index contributed by atoms with van der Waals surface area (Å²) >= 11 is 0. The van der Waals surface area contributed by atoms with Crippen LogP contribution in [0.25, 0.3) is 11.3 Å². The number of halogens is 3. The first-order chi connectivity index (χ1) is 14.3. The van der Waals surface area contributed by atoms with E-state index in [0.717, 1.165) is 17.7 Å². The third-order valence-corrected chi connectivity index (χ3v) is 4.16. The van der Waals surface area contributed by atoms with Gasteiger partial charge in [0.05, 0.1) is 17.6 Å². The monoisotopic (exact) mass is 417 g/mol. The SMILES string of the molecule is O=C(COc1cccc(C(F)(F)F)c1)NCCn1cnc(-c2ccccc2)cc1=O. The molecule has 0 aliphatic heterocycles. The first-order valence-electron chi connectivity index (χ1n) is 9.01. The fourth-order valence-corrected chi connectivity index (χ4v) is 2.64. The molecular formula is C21H18F3N3O3. The Labute approximate surface area is 170 Å². The van der Waals surface area contributed by atoms with Crippen molar-refractivity contribution in [3.63, 3.8) is 0 Å². The van der Waals surface area contributed by atoms with Crippen molar-refractivity contribution in [2.24, 2.45) is 0 Å². The van der Waals surface area contributed by atoms with Gasteiger partial charge < -0.3 is 10.1 Å². The number of hydrogen-bond donors (Lipinski definition) is 1. The lowest BCUT2D eigenvalue weighted by atomic mass is 10.1. The van der Waals surface area contributed by atoms with Crippen LogP contribution >= 0.6 is 0 Å². The standard InChI is InChI=1S/C21H18F3N3O3/c22-21(23,24)16-7-4-8-17(11-16)30-13-19(28)25-9-10-27-14-26-18(12-20(27)29)15-5-2-1-3-6-15/h1-8,11-12,14H,9-10,13H2,(H,25,28). The first-order valence-corrected chi connectivity index (χ1v) is 9.01. The molecule has 3 rings (SSSR count). The Kier molecular flexibility index (Phi) is 6.51. The lowest BCUT2D eigenvalue weighted by molar-refractivity contribution is -0.137. The predicted octanol–water partition coefficient (Wildman–Crippen LogP) is 3.12. The zero-order valence-corrected chi connectivity index (χ0v) is 15.7. The molecule has 0 fully saturated rings. The molecule has 156 valence electrons. The van der Waals surface area contributed by atoms with Crippen LogP contribution in [-0.4, -0.2) is 28.6 Å². The van der Waals surface area contributed by atoms with Gasteiger partial charge in [-0.3, -0.25) is 14.2 Å². The van der Waals surface area contributed by atoms with E-state index in [1.54, 1.807) is 0 Å². The zero-order valence-electron chi connectivity index (χ0n) is 15.7. The second-order valence-corrected chi connectivity index (χ2v) is 6.34. The van der Waals surface area contributed by atoms with Crippen molar-refractivity contribution in [2.75, 3.05) is 13.2 Å². The largest absolute Gasteiger partial charge is 0.484 e. The van der Waals surface area contributed by atoms with Gasteiger partial charge in [0.2, 0.25) is 0 Å². The highest BCUT2D eigenvalue weighted by molar-refractivity contribution is 5.77. The minimum Gasteiger partial charge on any atom is -0.484 e. The molecule has 9 heteroatoms. The summed E-state index contributed by atoms with van der Waals surface area (Å²) in [7, 11) is 0. The first kappa shape index (κ1) is 21.1. The van der Waals surface area contributed by atoms with Crippen molar-refractivity contribution in [1.29, 1.82) is 0 Å². The summed E-state index contributed by atoms with van der Waals surface area (Å²) in [5, 5.41) is 2.55. The normalized spacial score (nSPS) is 11.2. The molecule has 1 amide bonds. The molecular weight excluding hydrogens is 399 g/mol. The topological polar surface area (TPSA) is 73.2 Å². The number of ether oxygens (including phenoxy) is 1. The number of nitrogens with one attached hydrogen (secondary N) is 1. The van der Waals surface area contributed by atoms with Crippen molar-refractivity contribution >= 4 is 5.91 Å². The van der Waals surface area contributed by atoms with E-state index in [2.05, 4.69) is 10.3 Å². The smallest absolute Gasteiger partial charge is 0.416 e. The van der Waals surface area contributed by atoms with Crippen LogP contribution in [0, 0.1) is 0 Å². The Morgan fingerprint density at radius 1 is 1.07 bits per heavy atom. The average molecular weight is 417 g/mol. The molecule has 1 N–H and O–H groups in total. The molecule has 0 saturated carbocycles. The van der Waals surface area contributed by atoms with Gasteiger partial charge in [-0.2, -0.15) is 13.2 Å². The number of aromatic nitrogens is 2. The van der Waals surface area contributed by atoms with Gasteiger partial charge in [-0.1, -0.05) is 36.4 Å². The maximum Gasteiger partial charge on any atom is 0.416 e. The summed E-state index contributed by atoms with van der Waals surface area (Å²) in [5.74, 6) is -0.578. The van der Waals surface area contributed by atoms with Crippen molar-refractivity contribution in [1.82, 2.24) is 14.9 Å². The highest BCUT2D eigenvalue weighted by Crippen LogP contribution is 2.31. The molecule has 0 saturated heterocycles. The van der Waals surface area contributed by atoms with E-state index in [9.17, 15) is 22.8 Å². The second-order valence-electron chi connectivity index (χ2n) is 6.34. The van der Waals surface area contributed by atoms with Crippen LogP contribution in [-0.2, 0) is 17.5 Å². The van der Waals surface area contributed by atoms with E-state index in [1.807, 2.05) is 30.3 Å². The maximum atomic E-state index is 12.7. The van der Waals surface area contributed by atoms with Gasteiger partial charge in [0.15, 0.2) is 6.61 Å². The quantitative estimate of drug-likeness (QED) is 0.641. The maximum absolute atomic E-state index is 12.7. The second kappa shape index (κ2) is 9.25. The van der Waals surface area contributed by atoms with Gasteiger partial charge in [-0.15, -0.1) is 0 Å². The number of rotatable bonds is 7. The summed E-state index contributed by atoms with van der Waals surface area (Å²) < 4.78 is 44.5. The molecule has 0 spiro atoms. The minimum absolute atomic E-state index is 0.0584. The molecule has 30 heavy (non-hydrogen) atoms. The van der Waals surface area contributed by atoms with Crippen LogP contribution in [0.3, 0.4) is 0 Å². The van der Waals surface area contributed by atoms with Gasteiger partial charge in [0, 0.05) is 24.7 Å². The lowest BCUT2D eigenvalue weighted by Gasteiger charge is -2.11. The number of carbonyl (C=O) groups is 1. The molecule has 0 bridgehead atoms. The summed E-state index contributed by atoms with van der Waals surface area (Å²) in [4.78, 5) is 28.3. The molecule has 0 atom stereocenters. The lowest BCUT2D eigenvalue weighted by Crippen LogP contribution is -2.33. The van der Waals surface area contributed by atoms with Gasteiger partial charge in [-0.25, -0.2) is 4.98 Å². The minimum atomic E-state index is -4.49. The van der Waals surface area contributed by atoms with Gasteiger partial charge in [0.25, 0.3) is 11.5 Å². The van der Waals surface area contributed by atoms with Crippen LogP contribution in [0.15, 0.2) is 71.8 Å². The summed E-state index contributed by atoms with van der Waals surface area (Å²) in [6.45, 7) is -0.116. The summed E-state index contributed by atoms with van der Waals surface area (Å²) in [5.41, 5.74) is 0.252. The number of alkyl halides is 3. The Morgan fingerprint density at radius 3 is 2.53 bits per heavy atom. The molecule has 1 heterocycles. The Bertz CT molecular complexity index is 1070. The van der Waals surface area contributed by atoms with E-state index >= 15 is 0 Å². The van der Waals surface area contributed by atoms with Crippen molar-refractivity contribution < 1.29 is 22.7 Å². The Morgan fingerprint density at radius 2 is 1.83 bits per heavy atom. The van der Waals surface area contributed by atoms with Gasteiger partial charge in [-0.05, 0) is 18.2 Å². The molecule has 3 aromatic rings. The van der Waals surface area contributed by atoms with Crippen LogP contribution in [0.1, 0.15) is 5.56 Å². The van der Waals surface area contributed by atoms with Crippen LogP contribution in [0.4, 0.5) is 13.2 Å². The van der Waals surface area contributed by atoms with Crippen molar-refractivity contribution in [2.45, 2.75) is 12.7 Å². The fraction of sp³-hybridized carbons (Fsp3) is 0.190. The van der Waals surface area contributed by atoms with Gasteiger partial charge in [0.1, 0.15) is 5.75 Å². The molecule has 1 aromatic heterocycles. The van der Waals surface area contributed by atoms with Crippen LogP contribution in [0.5, 0.6) is 5.75 Å². The predicted molar refractivity (Wildman–Crippen MR) is 104 cm³/mol. The fourth-order valence-electron chi connectivity index (χ4n) is 2.64. The highest BCUT2D eigenvalue weighted by atomic mass is 19.4. The number of carbonyl (C=O) groups excluding carboxylic acids is 1. The number of nitrogens with zero attached hydrogens (tertiary/aromatic N) is 2. The van der Waals surface area contributed by atoms with Crippen LogP contribution in [0.2, 0.25) is 0 Å². The van der Waals surface area contributed by atoms with E-state index < -0.39 is 24.3 Å². The van der Waals surface area contributed by atoms with Crippen LogP contribution < -0.4 is 15.6 Å². The van der Waals surface area contributed by atoms with E-state index in [-0.39, 0.29) is 24.4 Å². The molecule has 0 radical (unpaired) electrons. The van der Waals surface area contributed by atoms with Crippen molar-refractivity contribution in [3.05, 3.63) is 82.9 Å². The highest BCUT2D eigenvalue weighted by Gasteiger charge is 2.30. The molecule has 6 nitrogen and oxygen atoms in total. The Balaban J connectivity index is 1.48. The molecule has 0 unspecified atom stereocenters.